The summed E-state index contributed by atoms with van der Waals surface area (Å²) in [4.78, 5) is 12.0. The molecule has 2 rings (SSSR count). The van der Waals surface area contributed by atoms with Gasteiger partial charge in [-0.15, -0.1) is 11.6 Å². The van der Waals surface area contributed by atoms with Gasteiger partial charge in [-0.3, -0.25) is 4.79 Å². The molecule has 0 saturated carbocycles. The summed E-state index contributed by atoms with van der Waals surface area (Å²) in [5, 5.41) is 2.84. The zero-order chi connectivity index (χ0) is 13.3. The number of carbonyl (C=O) groups excluding carboxylic acids is 1. The van der Waals surface area contributed by atoms with Crippen molar-refractivity contribution in [1.82, 2.24) is 5.32 Å². The molecule has 0 fully saturated rings. The van der Waals surface area contributed by atoms with Gasteiger partial charge in [0.25, 0.3) is 5.91 Å². The molecule has 1 aliphatic rings. The topological polar surface area (TPSA) is 29.1 Å². The quantitative estimate of drug-likeness (QED) is 0.771. The second kappa shape index (κ2) is 4.93. The molecule has 0 spiro atoms. The summed E-state index contributed by atoms with van der Waals surface area (Å²) in [6, 6.07) is 6.07. The molecule has 1 unspecified atom stereocenters. The normalized spacial score (nSPS) is 17.7. The molecule has 1 aliphatic heterocycles. The van der Waals surface area contributed by atoms with Crippen LogP contribution in [0.1, 0.15) is 54.1 Å². The van der Waals surface area contributed by atoms with Gasteiger partial charge < -0.3 is 5.32 Å². The summed E-state index contributed by atoms with van der Waals surface area (Å²) in [5.74, 6) is 0.0297. The minimum Gasteiger partial charge on any atom is -0.352 e. The number of hydrogen-bond donors (Lipinski definition) is 1. The van der Waals surface area contributed by atoms with Crippen LogP contribution in [-0.2, 0) is 6.42 Å². The lowest BCUT2D eigenvalue weighted by Gasteiger charge is -2.26. The van der Waals surface area contributed by atoms with E-state index in [1.165, 1.54) is 0 Å². The maximum absolute atomic E-state index is 12.0. The first-order valence-corrected chi connectivity index (χ1v) is 6.88. The van der Waals surface area contributed by atoms with Crippen LogP contribution in [0.25, 0.3) is 0 Å². The molecule has 98 valence electrons. The Kier molecular flexibility index (Phi) is 3.67. The number of aryl methyl sites for hydroxylation is 1. The molecule has 0 saturated heterocycles. The molecule has 3 heteroatoms. The van der Waals surface area contributed by atoms with Crippen molar-refractivity contribution >= 4 is 17.5 Å². The molecular formula is C15H20ClNO. The second-order valence-corrected chi connectivity index (χ2v) is 6.44. The number of hydrogen-bond acceptors (Lipinski definition) is 1. The largest absolute Gasteiger partial charge is 0.352 e. The van der Waals surface area contributed by atoms with Crippen LogP contribution >= 0.6 is 11.6 Å². The van der Waals surface area contributed by atoms with Crippen LogP contribution in [0.5, 0.6) is 0 Å². The van der Waals surface area contributed by atoms with E-state index in [-0.39, 0.29) is 16.7 Å². The van der Waals surface area contributed by atoms with Crippen LogP contribution in [-0.4, -0.2) is 12.5 Å². The number of fused-ring (bicyclic) bond motifs is 1. The molecule has 1 aromatic carbocycles. The number of amides is 1. The van der Waals surface area contributed by atoms with Crippen molar-refractivity contribution in [3.8, 4) is 0 Å². The molecular weight excluding hydrogens is 246 g/mol. The van der Waals surface area contributed by atoms with Crippen molar-refractivity contribution < 1.29 is 4.79 Å². The Morgan fingerprint density at radius 3 is 2.72 bits per heavy atom. The van der Waals surface area contributed by atoms with E-state index in [0.29, 0.717) is 0 Å². The summed E-state index contributed by atoms with van der Waals surface area (Å²) < 4.78 is 0. The molecule has 0 aliphatic carbocycles. The van der Waals surface area contributed by atoms with E-state index in [0.717, 1.165) is 36.1 Å². The van der Waals surface area contributed by atoms with Gasteiger partial charge in [0.1, 0.15) is 0 Å². The summed E-state index contributed by atoms with van der Waals surface area (Å²) in [6.45, 7) is 7.08. The third-order valence-corrected chi connectivity index (χ3v) is 4.25. The molecule has 1 aromatic rings. The first-order valence-electron chi connectivity index (χ1n) is 6.44. The van der Waals surface area contributed by atoms with Crippen molar-refractivity contribution in [2.24, 2.45) is 5.41 Å². The van der Waals surface area contributed by atoms with Gasteiger partial charge in [0.15, 0.2) is 0 Å². The monoisotopic (exact) mass is 265 g/mol. The van der Waals surface area contributed by atoms with Crippen LogP contribution in [0.15, 0.2) is 18.2 Å². The fraction of sp³-hybridized carbons (Fsp3) is 0.533. The molecule has 0 bridgehead atoms. The highest BCUT2D eigenvalue weighted by Crippen LogP contribution is 2.39. The predicted molar refractivity (Wildman–Crippen MR) is 75.1 cm³/mol. The van der Waals surface area contributed by atoms with Crippen LogP contribution in [0.3, 0.4) is 0 Å². The molecule has 1 N–H and O–H groups in total. The number of benzene rings is 1. The standard InChI is InChI=1S/C15H20ClNO/c1-15(2,3)13(16)11-7-6-10-5-4-8-17-14(18)12(10)9-11/h6-7,9,13H,4-5,8H2,1-3H3,(H,17,18). The Morgan fingerprint density at radius 1 is 1.33 bits per heavy atom. The summed E-state index contributed by atoms with van der Waals surface area (Å²) >= 11 is 6.48. The molecule has 18 heavy (non-hydrogen) atoms. The number of alkyl halides is 1. The van der Waals surface area contributed by atoms with Crippen molar-refractivity contribution in [3.63, 3.8) is 0 Å². The van der Waals surface area contributed by atoms with Crippen LogP contribution in [0.4, 0.5) is 0 Å². The van der Waals surface area contributed by atoms with E-state index in [2.05, 4.69) is 38.2 Å². The van der Waals surface area contributed by atoms with E-state index in [1.54, 1.807) is 0 Å². The maximum Gasteiger partial charge on any atom is 0.251 e. The minimum absolute atomic E-state index is 0.0169. The summed E-state index contributed by atoms with van der Waals surface area (Å²) in [5.41, 5.74) is 2.93. The summed E-state index contributed by atoms with van der Waals surface area (Å²) in [6.07, 6.45) is 1.96. The van der Waals surface area contributed by atoms with Gasteiger partial charge >= 0.3 is 0 Å². The van der Waals surface area contributed by atoms with Crippen molar-refractivity contribution in [2.75, 3.05) is 6.54 Å². The molecule has 1 amide bonds. The Balaban J connectivity index is 2.40. The average Bonchev–Trinajstić information content (AvgIpc) is 2.49. The number of nitrogens with one attached hydrogen (secondary N) is 1. The van der Waals surface area contributed by atoms with E-state index in [4.69, 9.17) is 11.6 Å². The Morgan fingerprint density at radius 2 is 2.06 bits per heavy atom. The van der Waals surface area contributed by atoms with Gasteiger partial charge in [-0.2, -0.15) is 0 Å². The van der Waals surface area contributed by atoms with Crippen molar-refractivity contribution in [3.05, 3.63) is 34.9 Å². The maximum atomic E-state index is 12.0. The van der Waals surface area contributed by atoms with Crippen molar-refractivity contribution in [2.45, 2.75) is 39.0 Å². The molecule has 1 heterocycles. The zero-order valence-electron chi connectivity index (χ0n) is 11.2. The smallest absolute Gasteiger partial charge is 0.251 e. The number of carbonyl (C=O) groups is 1. The van der Waals surface area contributed by atoms with E-state index in [9.17, 15) is 4.79 Å². The number of rotatable bonds is 1. The van der Waals surface area contributed by atoms with E-state index < -0.39 is 0 Å². The fourth-order valence-corrected chi connectivity index (χ4v) is 2.39. The highest BCUT2D eigenvalue weighted by atomic mass is 35.5. The van der Waals surface area contributed by atoms with Crippen LogP contribution in [0.2, 0.25) is 0 Å². The average molecular weight is 266 g/mol. The van der Waals surface area contributed by atoms with Gasteiger partial charge in [0, 0.05) is 12.1 Å². The first-order chi connectivity index (χ1) is 8.39. The van der Waals surface area contributed by atoms with Crippen LogP contribution in [0, 0.1) is 5.41 Å². The van der Waals surface area contributed by atoms with Crippen LogP contribution < -0.4 is 5.32 Å². The van der Waals surface area contributed by atoms with E-state index in [1.807, 2.05) is 6.07 Å². The van der Waals surface area contributed by atoms with Gasteiger partial charge in [-0.05, 0) is 35.4 Å². The first kappa shape index (κ1) is 13.4. The second-order valence-electron chi connectivity index (χ2n) is 6.00. The Bertz CT molecular complexity index is 462. The molecule has 1 atom stereocenters. The predicted octanol–water partition coefficient (Wildman–Crippen LogP) is 3.69. The molecule has 2 nitrogen and oxygen atoms in total. The highest BCUT2D eigenvalue weighted by molar-refractivity contribution is 6.21. The van der Waals surface area contributed by atoms with Gasteiger partial charge in [0.05, 0.1) is 5.38 Å². The lowest BCUT2D eigenvalue weighted by atomic mass is 9.86. The number of halogens is 1. The molecule has 0 aromatic heterocycles. The Hall–Kier alpha value is -1.02. The fourth-order valence-electron chi connectivity index (χ4n) is 2.26. The zero-order valence-corrected chi connectivity index (χ0v) is 12.0. The lowest BCUT2D eigenvalue weighted by Crippen LogP contribution is -2.23. The third-order valence-electron chi connectivity index (χ3n) is 3.34. The molecule has 0 radical (unpaired) electrons. The van der Waals surface area contributed by atoms with Gasteiger partial charge in [-0.25, -0.2) is 0 Å². The van der Waals surface area contributed by atoms with Gasteiger partial charge in [-0.1, -0.05) is 32.9 Å². The third kappa shape index (κ3) is 2.69. The summed E-state index contributed by atoms with van der Waals surface area (Å²) in [7, 11) is 0. The Labute approximate surface area is 114 Å². The van der Waals surface area contributed by atoms with Gasteiger partial charge in [0.2, 0.25) is 0 Å². The SMILES string of the molecule is CC(C)(C)C(Cl)c1ccc2c(c1)C(=O)NCCC2. The van der Waals surface area contributed by atoms with Crippen molar-refractivity contribution in [1.29, 1.82) is 0 Å². The van der Waals surface area contributed by atoms with E-state index >= 15 is 0 Å². The minimum atomic E-state index is -0.0844. The lowest BCUT2D eigenvalue weighted by molar-refractivity contribution is 0.0956. The highest BCUT2D eigenvalue weighted by Gasteiger charge is 2.25.